The SMILES string of the molecule is O=C(CC1CC1)N1CCC(Oc2ccncn2)C1. The van der Waals surface area contributed by atoms with Crippen LogP contribution in [0.3, 0.4) is 0 Å². The van der Waals surface area contributed by atoms with Crippen molar-refractivity contribution in [2.45, 2.75) is 31.8 Å². The summed E-state index contributed by atoms with van der Waals surface area (Å²) in [6.07, 6.45) is 7.26. The number of nitrogens with zero attached hydrogens (tertiary/aromatic N) is 3. The van der Waals surface area contributed by atoms with Gasteiger partial charge in [0, 0.05) is 31.6 Å². The highest BCUT2D eigenvalue weighted by atomic mass is 16.5. The summed E-state index contributed by atoms with van der Waals surface area (Å²) >= 11 is 0. The van der Waals surface area contributed by atoms with E-state index in [1.807, 2.05) is 4.90 Å². The summed E-state index contributed by atoms with van der Waals surface area (Å²) in [6.45, 7) is 1.50. The van der Waals surface area contributed by atoms with E-state index in [0.717, 1.165) is 19.4 Å². The molecular weight excluding hydrogens is 230 g/mol. The molecule has 2 aliphatic rings. The van der Waals surface area contributed by atoms with Crippen LogP contribution in [0.2, 0.25) is 0 Å². The molecule has 1 aromatic heterocycles. The highest BCUT2D eigenvalue weighted by molar-refractivity contribution is 5.77. The third-order valence-electron chi connectivity index (χ3n) is 3.50. The molecule has 1 aliphatic heterocycles. The minimum atomic E-state index is 0.0723. The van der Waals surface area contributed by atoms with Gasteiger partial charge in [0.2, 0.25) is 11.8 Å². The van der Waals surface area contributed by atoms with Crippen molar-refractivity contribution in [3.05, 3.63) is 18.6 Å². The molecule has 0 bridgehead atoms. The lowest BCUT2D eigenvalue weighted by molar-refractivity contribution is -0.130. The predicted octanol–water partition coefficient (Wildman–Crippen LogP) is 1.26. The molecule has 0 aromatic carbocycles. The van der Waals surface area contributed by atoms with E-state index in [0.29, 0.717) is 18.3 Å². The Morgan fingerprint density at radius 2 is 2.33 bits per heavy atom. The van der Waals surface area contributed by atoms with Crippen LogP contribution in [-0.4, -0.2) is 40.0 Å². The van der Waals surface area contributed by atoms with Gasteiger partial charge in [-0.3, -0.25) is 4.79 Å². The maximum atomic E-state index is 11.9. The van der Waals surface area contributed by atoms with Crippen molar-refractivity contribution in [1.82, 2.24) is 14.9 Å². The van der Waals surface area contributed by atoms with Gasteiger partial charge in [-0.25, -0.2) is 9.97 Å². The topological polar surface area (TPSA) is 55.3 Å². The third kappa shape index (κ3) is 2.78. The number of likely N-dealkylation sites (tertiary alicyclic amines) is 1. The fourth-order valence-electron chi connectivity index (χ4n) is 2.27. The number of carbonyl (C=O) groups is 1. The average molecular weight is 247 g/mol. The van der Waals surface area contributed by atoms with Gasteiger partial charge in [0.25, 0.3) is 0 Å². The van der Waals surface area contributed by atoms with Crippen LogP contribution < -0.4 is 4.74 Å². The number of hydrogen-bond acceptors (Lipinski definition) is 4. The van der Waals surface area contributed by atoms with E-state index in [4.69, 9.17) is 4.74 Å². The molecule has 1 unspecified atom stereocenters. The van der Waals surface area contributed by atoms with Gasteiger partial charge in [-0.15, -0.1) is 0 Å². The highest BCUT2D eigenvalue weighted by Gasteiger charge is 2.31. The van der Waals surface area contributed by atoms with Gasteiger partial charge in [-0.05, 0) is 18.8 Å². The van der Waals surface area contributed by atoms with Gasteiger partial charge >= 0.3 is 0 Å². The normalized spacial score (nSPS) is 23.1. The van der Waals surface area contributed by atoms with Gasteiger partial charge in [0.15, 0.2) is 0 Å². The number of aromatic nitrogens is 2. The van der Waals surface area contributed by atoms with Crippen LogP contribution in [0.15, 0.2) is 18.6 Å². The van der Waals surface area contributed by atoms with Crippen molar-refractivity contribution in [3.63, 3.8) is 0 Å². The largest absolute Gasteiger partial charge is 0.472 e. The van der Waals surface area contributed by atoms with Gasteiger partial charge in [0.05, 0.1) is 6.54 Å². The molecule has 2 fully saturated rings. The van der Waals surface area contributed by atoms with Gasteiger partial charge in [-0.2, -0.15) is 0 Å². The number of carbonyl (C=O) groups excluding carboxylic acids is 1. The van der Waals surface area contributed by atoms with Crippen LogP contribution in [0.25, 0.3) is 0 Å². The molecule has 1 aliphatic carbocycles. The first-order valence-corrected chi connectivity index (χ1v) is 6.52. The van der Waals surface area contributed by atoms with Crippen molar-refractivity contribution in [3.8, 4) is 5.88 Å². The molecule has 1 amide bonds. The fraction of sp³-hybridized carbons (Fsp3) is 0.615. The predicted molar refractivity (Wildman–Crippen MR) is 65.0 cm³/mol. The maximum absolute atomic E-state index is 11.9. The van der Waals surface area contributed by atoms with Crippen LogP contribution in [0, 0.1) is 5.92 Å². The van der Waals surface area contributed by atoms with Crippen LogP contribution >= 0.6 is 0 Å². The summed E-state index contributed by atoms with van der Waals surface area (Å²) in [6, 6.07) is 1.74. The van der Waals surface area contributed by atoms with E-state index in [1.165, 1.54) is 19.2 Å². The van der Waals surface area contributed by atoms with Crippen molar-refractivity contribution in [1.29, 1.82) is 0 Å². The molecule has 1 atom stereocenters. The van der Waals surface area contributed by atoms with Gasteiger partial charge < -0.3 is 9.64 Å². The highest BCUT2D eigenvalue weighted by Crippen LogP contribution is 2.33. The zero-order chi connectivity index (χ0) is 12.4. The molecule has 18 heavy (non-hydrogen) atoms. The summed E-state index contributed by atoms with van der Waals surface area (Å²) in [5.74, 6) is 1.53. The van der Waals surface area contributed by atoms with E-state index in [-0.39, 0.29) is 12.0 Å². The molecule has 0 spiro atoms. The summed E-state index contributed by atoms with van der Waals surface area (Å²) in [5, 5.41) is 0. The second-order valence-electron chi connectivity index (χ2n) is 5.06. The second kappa shape index (κ2) is 4.92. The third-order valence-corrected chi connectivity index (χ3v) is 3.50. The van der Waals surface area contributed by atoms with Crippen LogP contribution in [-0.2, 0) is 4.79 Å². The molecule has 2 heterocycles. The smallest absolute Gasteiger partial charge is 0.222 e. The van der Waals surface area contributed by atoms with Crippen molar-refractivity contribution in [2.24, 2.45) is 5.92 Å². The Balaban J connectivity index is 1.50. The molecule has 96 valence electrons. The monoisotopic (exact) mass is 247 g/mol. The Morgan fingerprint density at radius 3 is 3.06 bits per heavy atom. The second-order valence-corrected chi connectivity index (χ2v) is 5.06. The van der Waals surface area contributed by atoms with Crippen molar-refractivity contribution < 1.29 is 9.53 Å². The molecule has 5 nitrogen and oxygen atoms in total. The Bertz CT molecular complexity index is 420. The zero-order valence-corrected chi connectivity index (χ0v) is 10.3. The first-order valence-electron chi connectivity index (χ1n) is 6.52. The molecule has 5 heteroatoms. The lowest BCUT2D eigenvalue weighted by Gasteiger charge is -2.16. The van der Waals surface area contributed by atoms with E-state index < -0.39 is 0 Å². The van der Waals surface area contributed by atoms with Crippen LogP contribution in [0.4, 0.5) is 0 Å². The van der Waals surface area contributed by atoms with E-state index >= 15 is 0 Å². The molecule has 0 N–H and O–H groups in total. The standard InChI is InChI=1S/C13H17N3O2/c17-13(7-10-1-2-10)16-6-4-11(8-16)18-12-3-5-14-9-15-12/h3,5,9-11H,1-2,4,6-8H2. The minimum absolute atomic E-state index is 0.0723. The number of ether oxygens (including phenoxy) is 1. The number of rotatable bonds is 4. The first-order chi connectivity index (χ1) is 8.81. The molecule has 1 aromatic rings. The quantitative estimate of drug-likeness (QED) is 0.803. The molecule has 3 rings (SSSR count). The van der Waals surface area contributed by atoms with Gasteiger partial charge in [-0.1, -0.05) is 0 Å². The van der Waals surface area contributed by atoms with Crippen molar-refractivity contribution >= 4 is 5.91 Å². The average Bonchev–Trinajstić information content (AvgIpc) is 3.07. The van der Waals surface area contributed by atoms with E-state index in [2.05, 4.69) is 9.97 Å². The number of amides is 1. The molecule has 1 saturated heterocycles. The molecule has 1 saturated carbocycles. The van der Waals surface area contributed by atoms with Crippen molar-refractivity contribution in [2.75, 3.05) is 13.1 Å². The summed E-state index contributed by atoms with van der Waals surface area (Å²) in [5.41, 5.74) is 0. The Hall–Kier alpha value is -1.65. The Morgan fingerprint density at radius 1 is 1.44 bits per heavy atom. The summed E-state index contributed by atoms with van der Waals surface area (Å²) < 4.78 is 5.73. The van der Waals surface area contributed by atoms with E-state index in [1.54, 1.807) is 12.3 Å². The zero-order valence-electron chi connectivity index (χ0n) is 10.3. The van der Waals surface area contributed by atoms with E-state index in [9.17, 15) is 4.79 Å². The number of hydrogen-bond donors (Lipinski definition) is 0. The fourth-order valence-corrected chi connectivity index (χ4v) is 2.27. The van der Waals surface area contributed by atoms with Crippen LogP contribution in [0.1, 0.15) is 25.7 Å². The lowest BCUT2D eigenvalue weighted by atomic mass is 10.2. The maximum Gasteiger partial charge on any atom is 0.222 e. The Kier molecular flexibility index (Phi) is 3.13. The van der Waals surface area contributed by atoms with Crippen LogP contribution in [0.5, 0.6) is 5.88 Å². The Labute approximate surface area is 106 Å². The molecular formula is C13H17N3O2. The van der Waals surface area contributed by atoms with Gasteiger partial charge in [0.1, 0.15) is 12.4 Å². The molecule has 0 radical (unpaired) electrons. The summed E-state index contributed by atoms with van der Waals surface area (Å²) in [7, 11) is 0. The summed E-state index contributed by atoms with van der Waals surface area (Å²) in [4.78, 5) is 21.7. The lowest BCUT2D eigenvalue weighted by Crippen LogP contribution is -2.31. The minimum Gasteiger partial charge on any atom is -0.472 e. The first kappa shape index (κ1) is 11.4.